The van der Waals surface area contributed by atoms with Crippen molar-refractivity contribution in [3.63, 3.8) is 0 Å². The SMILES string of the molecule is CCNC(=NCCCOCC1CCOCC1)NC1CCN(C2CCCCC2)CC1.I. The molecule has 0 atom stereocenters. The van der Waals surface area contributed by atoms with Crippen LogP contribution in [0.15, 0.2) is 4.99 Å². The molecule has 6 nitrogen and oxygen atoms in total. The van der Waals surface area contributed by atoms with Crippen molar-refractivity contribution in [2.45, 2.75) is 83.2 Å². The molecule has 30 heavy (non-hydrogen) atoms. The minimum absolute atomic E-state index is 0. The summed E-state index contributed by atoms with van der Waals surface area (Å²) in [5, 5.41) is 7.10. The van der Waals surface area contributed by atoms with Gasteiger partial charge in [0.2, 0.25) is 0 Å². The Morgan fingerprint density at radius 3 is 2.47 bits per heavy atom. The van der Waals surface area contributed by atoms with Gasteiger partial charge in [0.05, 0.1) is 0 Å². The standard InChI is InChI=1S/C23H44N4O2.HI/c1-2-24-23(25-13-6-16-29-19-20-11-17-28-18-12-20)26-21-9-14-27(15-10-21)22-7-4-3-5-8-22;/h20-22H,2-19H2,1H3,(H2,24,25,26);1H. The summed E-state index contributed by atoms with van der Waals surface area (Å²) >= 11 is 0. The van der Waals surface area contributed by atoms with Crippen LogP contribution in [-0.2, 0) is 9.47 Å². The smallest absolute Gasteiger partial charge is 0.191 e. The molecule has 2 saturated heterocycles. The van der Waals surface area contributed by atoms with Crippen molar-refractivity contribution >= 4 is 29.9 Å². The van der Waals surface area contributed by atoms with E-state index >= 15 is 0 Å². The highest BCUT2D eigenvalue weighted by atomic mass is 127. The third kappa shape index (κ3) is 9.57. The van der Waals surface area contributed by atoms with E-state index in [1.165, 1.54) is 58.0 Å². The van der Waals surface area contributed by atoms with Gasteiger partial charge in [-0.05, 0) is 57.8 Å². The minimum Gasteiger partial charge on any atom is -0.381 e. The molecule has 0 aromatic carbocycles. The fraction of sp³-hybridized carbons (Fsp3) is 0.957. The zero-order chi connectivity index (χ0) is 20.2. The monoisotopic (exact) mass is 536 g/mol. The first-order valence-electron chi connectivity index (χ1n) is 12.3. The minimum atomic E-state index is 0. The van der Waals surface area contributed by atoms with E-state index in [1.54, 1.807) is 0 Å². The number of nitrogens with zero attached hydrogens (tertiary/aromatic N) is 2. The molecule has 7 heteroatoms. The molecule has 3 fully saturated rings. The summed E-state index contributed by atoms with van der Waals surface area (Å²) in [5.74, 6) is 1.67. The van der Waals surface area contributed by atoms with E-state index in [2.05, 4.69) is 22.5 Å². The Morgan fingerprint density at radius 2 is 1.77 bits per heavy atom. The van der Waals surface area contributed by atoms with Crippen LogP contribution in [0.5, 0.6) is 0 Å². The van der Waals surface area contributed by atoms with Crippen LogP contribution in [0.1, 0.15) is 71.1 Å². The van der Waals surface area contributed by atoms with E-state index in [0.29, 0.717) is 12.0 Å². The van der Waals surface area contributed by atoms with Gasteiger partial charge >= 0.3 is 0 Å². The number of hydrogen-bond acceptors (Lipinski definition) is 4. The van der Waals surface area contributed by atoms with Crippen LogP contribution in [-0.4, -0.2) is 75.5 Å². The van der Waals surface area contributed by atoms with Crippen molar-refractivity contribution in [1.82, 2.24) is 15.5 Å². The molecule has 3 rings (SSSR count). The van der Waals surface area contributed by atoms with E-state index < -0.39 is 0 Å². The number of guanidine groups is 1. The second-order valence-corrected chi connectivity index (χ2v) is 8.99. The summed E-state index contributed by atoms with van der Waals surface area (Å²) < 4.78 is 11.3. The zero-order valence-corrected chi connectivity index (χ0v) is 21.4. The van der Waals surface area contributed by atoms with Gasteiger partial charge < -0.3 is 25.0 Å². The molecule has 0 unspecified atom stereocenters. The molecule has 0 radical (unpaired) electrons. The van der Waals surface area contributed by atoms with Gasteiger partial charge in [-0.3, -0.25) is 4.99 Å². The Morgan fingerprint density at radius 1 is 1.03 bits per heavy atom. The molecule has 2 aliphatic heterocycles. The van der Waals surface area contributed by atoms with E-state index in [0.717, 1.165) is 70.8 Å². The molecule has 0 bridgehead atoms. The topological polar surface area (TPSA) is 58.1 Å². The maximum atomic E-state index is 5.86. The molecule has 1 aliphatic carbocycles. The summed E-state index contributed by atoms with van der Waals surface area (Å²) in [5.41, 5.74) is 0. The third-order valence-corrected chi connectivity index (χ3v) is 6.72. The number of ether oxygens (including phenoxy) is 2. The van der Waals surface area contributed by atoms with Crippen molar-refractivity contribution in [3.8, 4) is 0 Å². The van der Waals surface area contributed by atoms with Crippen LogP contribution in [0, 0.1) is 5.92 Å². The van der Waals surface area contributed by atoms with E-state index in [-0.39, 0.29) is 24.0 Å². The van der Waals surface area contributed by atoms with Gasteiger partial charge in [0.15, 0.2) is 5.96 Å². The van der Waals surface area contributed by atoms with Crippen LogP contribution < -0.4 is 10.6 Å². The van der Waals surface area contributed by atoms with Gasteiger partial charge in [0.1, 0.15) is 0 Å². The average Bonchev–Trinajstić information content (AvgIpc) is 2.78. The van der Waals surface area contributed by atoms with E-state index in [4.69, 9.17) is 14.5 Å². The number of aliphatic imine (C=N–C) groups is 1. The molecule has 3 aliphatic rings. The van der Waals surface area contributed by atoms with Crippen LogP contribution in [0.2, 0.25) is 0 Å². The molecule has 0 amide bonds. The van der Waals surface area contributed by atoms with Crippen molar-refractivity contribution in [3.05, 3.63) is 0 Å². The molecule has 1 saturated carbocycles. The maximum Gasteiger partial charge on any atom is 0.191 e. The second-order valence-electron chi connectivity index (χ2n) is 8.99. The Hall–Kier alpha value is -0.120. The van der Waals surface area contributed by atoms with Crippen LogP contribution in [0.25, 0.3) is 0 Å². The molecule has 176 valence electrons. The highest BCUT2D eigenvalue weighted by Crippen LogP contribution is 2.25. The van der Waals surface area contributed by atoms with Crippen LogP contribution >= 0.6 is 24.0 Å². The van der Waals surface area contributed by atoms with Gasteiger partial charge in [0, 0.05) is 64.7 Å². The summed E-state index contributed by atoms with van der Waals surface area (Å²) in [7, 11) is 0. The predicted molar refractivity (Wildman–Crippen MR) is 135 cm³/mol. The number of halogens is 1. The Labute approximate surface area is 201 Å². The average molecular weight is 537 g/mol. The fourth-order valence-electron chi connectivity index (χ4n) is 4.89. The molecule has 0 aromatic rings. The Balaban J connectivity index is 0.00000320. The lowest BCUT2D eigenvalue weighted by atomic mass is 9.92. The molecule has 2 N–H and O–H groups in total. The van der Waals surface area contributed by atoms with Crippen molar-refractivity contribution in [2.24, 2.45) is 10.9 Å². The number of likely N-dealkylation sites (tertiary alicyclic amines) is 1. The predicted octanol–water partition coefficient (Wildman–Crippen LogP) is 3.79. The van der Waals surface area contributed by atoms with Crippen molar-refractivity contribution in [2.75, 3.05) is 52.6 Å². The van der Waals surface area contributed by atoms with Gasteiger partial charge in [-0.1, -0.05) is 19.3 Å². The lowest BCUT2D eigenvalue weighted by Crippen LogP contribution is -2.51. The second kappa shape index (κ2) is 15.6. The molecule has 0 aromatic heterocycles. The number of hydrogen-bond donors (Lipinski definition) is 2. The normalized spacial score (nSPS) is 23.2. The van der Waals surface area contributed by atoms with Gasteiger partial charge in [0.25, 0.3) is 0 Å². The summed E-state index contributed by atoms with van der Waals surface area (Å²) in [6.07, 6.45) is 12.9. The summed E-state index contributed by atoms with van der Waals surface area (Å²) in [4.78, 5) is 7.53. The molecule has 2 heterocycles. The van der Waals surface area contributed by atoms with Gasteiger partial charge in [-0.2, -0.15) is 0 Å². The molecular weight excluding hydrogens is 491 g/mol. The first kappa shape index (κ1) is 26.1. The van der Waals surface area contributed by atoms with E-state index in [9.17, 15) is 0 Å². The molecular formula is C23H45IN4O2. The number of piperidine rings is 1. The highest BCUT2D eigenvalue weighted by Gasteiger charge is 2.26. The highest BCUT2D eigenvalue weighted by molar-refractivity contribution is 14.0. The summed E-state index contributed by atoms with van der Waals surface area (Å²) in [6, 6.07) is 1.41. The van der Waals surface area contributed by atoms with E-state index in [1.807, 2.05) is 0 Å². The number of rotatable bonds is 9. The number of nitrogens with one attached hydrogen (secondary N) is 2. The lowest BCUT2D eigenvalue weighted by molar-refractivity contribution is 0.0205. The Kier molecular flexibility index (Phi) is 13.6. The first-order valence-corrected chi connectivity index (χ1v) is 12.3. The molecule has 0 spiro atoms. The van der Waals surface area contributed by atoms with Crippen molar-refractivity contribution < 1.29 is 9.47 Å². The zero-order valence-electron chi connectivity index (χ0n) is 19.1. The lowest BCUT2D eigenvalue weighted by Gasteiger charge is -2.39. The maximum absolute atomic E-state index is 5.86. The van der Waals surface area contributed by atoms with Crippen molar-refractivity contribution in [1.29, 1.82) is 0 Å². The van der Waals surface area contributed by atoms with Gasteiger partial charge in [-0.15, -0.1) is 24.0 Å². The summed E-state index contributed by atoms with van der Waals surface area (Å²) in [6.45, 7) is 9.83. The fourth-order valence-corrected chi connectivity index (χ4v) is 4.89. The first-order chi connectivity index (χ1) is 14.3. The third-order valence-electron chi connectivity index (χ3n) is 6.72. The largest absolute Gasteiger partial charge is 0.381 e. The van der Waals surface area contributed by atoms with Crippen LogP contribution in [0.4, 0.5) is 0 Å². The quantitative estimate of drug-likeness (QED) is 0.203. The van der Waals surface area contributed by atoms with Gasteiger partial charge in [-0.25, -0.2) is 0 Å². The van der Waals surface area contributed by atoms with Crippen LogP contribution in [0.3, 0.4) is 0 Å². The Bertz CT molecular complexity index is 460.